The minimum atomic E-state index is -0.151. The summed E-state index contributed by atoms with van der Waals surface area (Å²) in [6, 6.07) is 9.50. The predicted octanol–water partition coefficient (Wildman–Crippen LogP) is 4.09. The lowest BCUT2D eigenvalue weighted by atomic mass is 10.1. The van der Waals surface area contributed by atoms with Crippen LogP contribution in [0, 0.1) is 13.8 Å². The van der Waals surface area contributed by atoms with Crippen LogP contribution in [0.4, 0.5) is 5.13 Å². The van der Waals surface area contributed by atoms with Gasteiger partial charge in [-0.05, 0) is 37.6 Å². The Balaban J connectivity index is 1.61. The Hall–Kier alpha value is -2.25. The van der Waals surface area contributed by atoms with Crippen molar-refractivity contribution in [1.29, 1.82) is 0 Å². The maximum absolute atomic E-state index is 12.1. The lowest BCUT2D eigenvalue weighted by Gasteiger charge is -2.05. The van der Waals surface area contributed by atoms with E-state index in [0.717, 1.165) is 27.9 Å². The third-order valence-electron chi connectivity index (χ3n) is 3.20. The molecule has 24 heavy (non-hydrogen) atoms. The summed E-state index contributed by atoms with van der Waals surface area (Å²) in [6.07, 6.45) is 1.66. The number of carbonyl (C=O) groups is 1. The molecule has 3 aromatic rings. The number of anilines is 1. The number of nitrogens with zero attached hydrogens (tertiary/aromatic N) is 3. The van der Waals surface area contributed by atoms with E-state index in [9.17, 15) is 4.79 Å². The van der Waals surface area contributed by atoms with Gasteiger partial charge in [-0.3, -0.25) is 10.1 Å². The number of hydrogen-bond donors (Lipinski definition) is 1. The van der Waals surface area contributed by atoms with Crippen LogP contribution < -0.4 is 5.32 Å². The molecule has 3 rings (SSSR count). The van der Waals surface area contributed by atoms with E-state index in [1.165, 1.54) is 11.3 Å². The number of benzene rings is 1. The molecule has 122 valence electrons. The van der Waals surface area contributed by atoms with Crippen molar-refractivity contribution in [3.8, 4) is 0 Å². The van der Waals surface area contributed by atoms with Crippen LogP contribution in [0.1, 0.15) is 27.3 Å². The molecule has 7 heteroatoms. The fourth-order valence-electron chi connectivity index (χ4n) is 2.11. The van der Waals surface area contributed by atoms with E-state index in [1.54, 1.807) is 18.0 Å². The molecule has 0 saturated carbocycles. The molecule has 2 aromatic heterocycles. The Labute approximate surface area is 148 Å². The maximum Gasteiger partial charge on any atom is 0.257 e. The van der Waals surface area contributed by atoms with Gasteiger partial charge in [-0.2, -0.15) is 0 Å². The lowest BCUT2D eigenvalue weighted by Crippen LogP contribution is -2.11. The molecular weight excluding hydrogens is 340 g/mol. The second kappa shape index (κ2) is 7.55. The van der Waals surface area contributed by atoms with Gasteiger partial charge in [0, 0.05) is 34.3 Å². The molecular formula is C17H16N4OS2. The Morgan fingerprint density at radius 2 is 1.88 bits per heavy atom. The number of amides is 1. The summed E-state index contributed by atoms with van der Waals surface area (Å²) in [7, 11) is 0. The number of thiazole rings is 1. The number of thioether (sulfide) groups is 1. The van der Waals surface area contributed by atoms with E-state index < -0.39 is 0 Å². The van der Waals surface area contributed by atoms with E-state index in [1.807, 2.05) is 49.6 Å². The van der Waals surface area contributed by atoms with Crippen molar-refractivity contribution in [2.75, 3.05) is 5.32 Å². The van der Waals surface area contributed by atoms with Gasteiger partial charge in [-0.15, -0.1) is 11.3 Å². The van der Waals surface area contributed by atoms with Gasteiger partial charge in [0.25, 0.3) is 5.91 Å². The van der Waals surface area contributed by atoms with Crippen molar-refractivity contribution < 1.29 is 4.79 Å². The van der Waals surface area contributed by atoms with Crippen LogP contribution in [0.2, 0.25) is 0 Å². The number of aryl methyl sites for hydroxylation is 2. The molecule has 0 aliphatic carbocycles. The molecule has 1 amide bonds. The normalized spacial score (nSPS) is 10.6. The number of aromatic nitrogens is 3. The first-order valence-corrected chi connectivity index (χ1v) is 9.21. The van der Waals surface area contributed by atoms with Crippen LogP contribution >= 0.6 is 23.1 Å². The summed E-state index contributed by atoms with van der Waals surface area (Å²) in [4.78, 5) is 25.0. The minimum Gasteiger partial charge on any atom is -0.298 e. The van der Waals surface area contributed by atoms with Crippen molar-refractivity contribution in [2.24, 2.45) is 0 Å². The molecule has 0 fully saturated rings. The summed E-state index contributed by atoms with van der Waals surface area (Å²) < 4.78 is 0. The van der Waals surface area contributed by atoms with Crippen molar-refractivity contribution in [3.05, 3.63) is 64.4 Å². The van der Waals surface area contributed by atoms with Gasteiger partial charge in [0.2, 0.25) is 0 Å². The van der Waals surface area contributed by atoms with Crippen LogP contribution in [0.3, 0.4) is 0 Å². The van der Waals surface area contributed by atoms with E-state index in [4.69, 9.17) is 0 Å². The molecule has 2 heterocycles. The van der Waals surface area contributed by atoms with Gasteiger partial charge >= 0.3 is 0 Å². The highest BCUT2D eigenvalue weighted by Crippen LogP contribution is 2.20. The molecule has 0 spiro atoms. The topological polar surface area (TPSA) is 67.8 Å². The monoisotopic (exact) mass is 356 g/mol. The number of carbonyl (C=O) groups excluding carboxylic acids is 1. The molecule has 0 unspecified atom stereocenters. The summed E-state index contributed by atoms with van der Waals surface area (Å²) in [5.41, 5.74) is 3.67. The van der Waals surface area contributed by atoms with E-state index in [0.29, 0.717) is 10.7 Å². The first-order chi connectivity index (χ1) is 11.6. The average Bonchev–Trinajstić information content (AvgIpc) is 3.05. The second-order valence-electron chi connectivity index (χ2n) is 5.21. The highest BCUT2D eigenvalue weighted by atomic mass is 32.2. The van der Waals surface area contributed by atoms with Gasteiger partial charge in [0.05, 0.1) is 0 Å². The fourth-order valence-corrected chi connectivity index (χ4v) is 3.54. The fraction of sp³-hybridized carbons (Fsp3) is 0.176. The standard InChI is InChI=1S/C17H16N4OS2/c1-11-9-12(2)20-17(19-11)24-10-13-3-5-14(6-4-13)15(22)21-16-18-7-8-23-16/h3-9H,10H2,1-2H3,(H,18,21,22). The summed E-state index contributed by atoms with van der Waals surface area (Å²) in [5.74, 6) is 0.610. The van der Waals surface area contributed by atoms with Crippen molar-refractivity contribution >= 4 is 34.1 Å². The highest BCUT2D eigenvalue weighted by Gasteiger charge is 2.08. The highest BCUT2D eigenvalue weighted by molar-refractivity contribution is 7.98. The Kier molecular flexibility index (Phi) is 5.22. The number of nitrogens with one attached hydrogen (secondary N) is 1. The van der Waals surface area contributed by atoms with E-state index in [2.05, 4.69) is 20.3 Å². The molecule has 5 nitrogen and oxygen atoms in total. The molecule has 1 aromatic carbocycles. The molecule has 1 N–H and O–H groups in total. The zero-order valence-electron chi connectivity index (χ0n) is 13.3. The predicted molar refractivity (Wildman–Crippen MR) is 97.6 cm³/mol. The minimum absolute atomic E-state index is 0.151. The molecule has 0 atom stereocenters. The van der Waals surface area contributed by atoms with Gasteiger partial charge < -0.3 is 0 Å². The summed E-state index contributed by atoms with van der Waals surface area (Å²) >= 11 is 2.99. The largest absolute Gasteiger partial charge is 0.298 e. The third kappa shape index (κ3) is 4.39. The van der Waals surface area contributed by atoms with Crippen LogP contribution in [0.5, 0.6) is 0 Å². The summed E-state index contributed by atoms with van der Waals surface area (Å²) in [5, 5.41) is 5.97. The smallest absolute Gasteiger partial charge is 0.257 e. The molecule has 0 aliphatic heterocycles. The number of rotatable bonds is 5. The zero-order chi connectivity index (χ0) is 16.9. The Morgan fingerprint density at radius 3 is 2.50 bits per heavy atom. The van der Waals surface area contributed by atoms with Crippen molar-refractivity contribution in [2.45, 2.75) is 24.8 Å². The lowest BCUT2D eigenvalue weighted by molar-refractivity contribution is 0.102. The van der Waals surface area contributed by atoms with E-state index in [-0.39, 0.29) is 5.91 Å². The van der Waals surface area contributed by atoms with Crippen LogP contribution in [-0.2, 0) is 5.75 Å². The second-order valence-corrected chi connectivity index (χ2v) is 7.05. The first kappa shape index (κ1) is 16.6. The van der Waals surface area contributed by atoms with Gasteiger partial charge in [-0.25, -0.2) is 15.0 Å². The van der Waals surface area contributed by atoms with Crippen LogP contribution in [0.25, 0.3) is 0 Å². The molecule has 0 aliphatic rings. The maximum atomic E-state index is 12.1. The van der Waals surface area contributed by atoms with Crippen molar-refractivity contribution in [3.63, 3.8) is 0 Å². The van der Waals surface area contributed by atoms with Gasteiger partial charge in [-0.1, -0.05) is 23.9 Å². The summed E-state index contributed by atoms with van der Waals surface area (Å²) in [6.45, 7) is 3.93. The average molecular weight is 356 g/mol. The van der Waals surface area contributed by atoms with Gasteiger partial charge in [0.1, 0.15) is 0 Å². The Bertz CT molecular complexity index is 812. The molecule has 0 saturated heterocycles. The van der Waals surface area contributed by atoms with Crippen molar-refractivity contribution in [1.82, 2.24) is 15.0 Å². The SMILES string of the molecule is Cc1cc(C)nc(SCc2ccc(C(=O)Nc3nccs3)cc2)n1. The zero-order valence-corrected chi connectivity index (χ0v) is 14.9. The molecule has 0 bridgehead atoms. The number of hydrogen-bond acceptors (Lipinski definition) is 6. The van der Waals surface area contributed by atoms with E-state index >= 15 is 0 Å². The molecule has 0 radical (unpaired) electrons. The third-order valence-corrected chi connectivity index (χ3v) is 4.81. The van der Waals surface area contributed by atoms with Gasteiger partial charge in [0.15, 0.2) is 10.3 Å². The van der Waals surface area contributed by atoms with Crippen LogP contribution in [-0.4, -0.2) is 20.9 Å². The van der Waals surface area contributed by atoms with Crippen LogP contribution in [0.15, 0.2) is 47.1 Å². The Morgan fingerprint density at radius 1 is 1.17 bits per heavy atom. The quantitative estimate of drug-likeness (QED) is 0.551. The first-order valence-electron chi connectivity index (χ1n) is 7.35.